The molecule has 0 unspecified atom stereocenters. The van der Waals surface area contributed by atoms with Crippen molar-refractivity contribution in [2.75, 3.05) is 17.2 Å². The van der Waals surface area contributed by atoms with Gasteiger partial charge in [-0.2, -0.15) is 0 Å². The van der Waals surface area contributed by atoms with E-state index >= 15 is 0 Å². The van der Waals surface area contributed by atoms with E-state index in [1.54, 1.807) is 6.07 Å². The van der Waals surface area contributed by atoms with Gasteiger partial charge >= 0.3 is 0 Å². The number of rotatable bonds is 4. The van der Waals surface area contributed by atoms with Gasteiger partial charge in [0.25, 0.3) is 0 Å². The molecular formula is C15H14F2N2O. The van der Waals surface area contributed by atoms with Gasteiger partial charge in [-0.15, -0.1) is 0 Å². The number of amides is 1. The van der Waals surface area contributed by atoms with Crippen molar-refractivity contribution in [3.8, 4) is 0 Å². The van der Waals surface area contributed by atoms with Gasteiger partial charge in [-0.3, -0.25) is 4.79 Å². The Hall–Kier alpha value is -2.43. The third kappa shape index (κ3) is 3.78. The van der Waals surface area contributed by atoms with Gasteiger partial charge in [-0.05, 0) is 42.8 Å². The Morgan fingerprint density at radius 1 is 1.15 bits per heavy atom. The number of anilines is 2. The number of hydrogen-bond donors (Lipinski definition) is 2. The highest BCUT2D eigenvalue weighted by Gasteiger charge is 2.06. The van der Waals surface area contributed by atoms with Crippen molar-refractivity contribution in [2.45, 2.75) is 6.92 Å². The number of nitrogens with one attached hydrogen (secondary N) is 2. The maximum absolute atomic E-state index is 13.3. The van der Waals surface area contributed by atoms with Gasteiger partial charge in [0.15, 0.2) is 0 Å². The standard InChI is InChI=1S/C15H14F2N2O/c1-10-3-2-4-12(7-10)19-15(20)9-18-14-8-11(16)5-6-13(14)17/h2-8,18H,9H2,1H3,(H,19,20). The molecule has 2 rings (SSSR count). The van der Waals surface area contributed by atoms with Crippen molar-refractivity contribution in [2.24, 2.45) is 0 Å². The maximum atomic E-state index is 13.3. The lowest BCUT2D eigenvalue weighted by molar-refractivity contribution is -0.114. The van der Waals surface area contributed by atoms with Crippen LogP contribution in [-0.4, -0.2) is 12.5 Å². The Kier molecular flexibility index (Phi) is 4.30. The summed E-state index contributed by atoms with van der Waals surface area (Å²) < 4.78 is 26.3. The summed E-state index contributed by atoms with van der Waals surface area (Å²) in [4.78, 5) is 11.7. The first-order chi connectivity index (χ1) is 9.54. The van der Waals surface area contributed by atoms with Crippen LogP contribution in [0, 0.1) is 18.6 Å². The van der Waals surface area contributed by atoms with Crippen molar-refractivity contribution >= 4 is 17.3 Å². The number of aryl methyl sites for hydroxylation is 1. The quantitative estimate of drug-likeness (QED) is 0.899. The number of benzene rings is 2. The molecule has 3 nitrogen and oxygen atoms in total. The van der Waals surface area contributed by atoms with Gasteiger partial charge in [0.2, 0.25) is 5.91 Å². The second-order valence-electron chi connectivity index (χ2n) is 4.40. The van der Waals surface area contributed by atoms with E-state index in [0.29, 0.717) is 5.69 Å². The smallest absolute Gasteiger partial charge is 0.243 e. The average Bonchev–Trinajstić information content (AvgIpc) is 2.40. The summed E-state index contributed by atoms with van der Waals surface area (Å²) >= 11 is 0. The summed E-state index contributed by atoms with van der Waals surface area (Å²) in [5, 5.41) is 5.23. The van der Waals surface area contributed by atoms with Gasteiger partial charge in [-0.25, -0.2) is 8.78 Å². The Labute approximate surface area is 115 Å². The SMILES string of the molecule is Cc1cccc(NC(=O)CNc2cc(F)ccc2F)c1. The minimum atomic E-state index is -0.602. The lowest BCUT2D eigenvalue weighted by atomic mass is 10.2. The maximum Gasteiger partial charge on any atom is 0.243 e. The van der Waals surface area contributed by atoms with Crippen LogP contribution in [-0.2, 0) is 4.79 Å². The Bertz CT molecular complexity index is 629. The highest BCUT2D eigenvalue weighted by atomic mass is 19.1. The van der Waals surface area contributed by atoms with Crippen LogP contribution in [0.5, 0.6) is 0 Å². The van der Waals surface area contributed by atoms with Crippen molar-refractivity contribution in [3.63, 3.8) is 0 Å². The molecule has 0 heterocycles. The monoisotopic (exact) mass is 276 g/mol. The van der Waals surface area contributed by atoms with E-state index in [1.807, 2.05) is 25.1 Å². The van der Waals surface area contributed by atoms with Crippen LogP contribution in [0.15, 0.2) is 42.5 Å². The van der Waals surface area contributed by atoms with E-state index in [2.05, 4.69) is 10.6 Å². The zero-order valence-corrected chi connectivity index (χ0v) is 10.9. The zero-order chi connectivity index (χ0) is 14.5. The minimum absolute atomic E-state index is 0.0376. The van der Waals surface area contributed by atoms with Crippen LogP contribution in [0.3, 0.4) is 0 Å². The molecule has 104 valence electrons. The van der Waals surface area contributed by atoms with Crippen molar-refractivity contribution in [1.82, 2.24) is 0 Å². The molecule has 1 amide bonds. The topological polar surface area (TPSA) is 41.1 Å². The molecule has 0 bridgehead atoms. The second-order valence-corrected chi connectivity index (χ2v) is 4.40. The molecule has 0 fully saturated rings. The summed E-state index contributed by atoms with van der Waals surface area (Å²) in [5.41, 5.74) is 1.65. The van der Waals surface area contributed by atoms with Crippen LogP contribution in [0.25, 0.3) is 0 Å². The average molecular weight is 276 g/mol. The first-order valence-corrected chi connectivity index (χ1v) is 6.10. The van der Waals surface area contributed by atoms with Crippen LogP contribution in [0.4, 0.5) is 20.2 Å². The third-order valence-electron chi connectivity index (χ3n) is 2.67. The number of carbonyl (C=O) groups is 1. The van der Waals surface area contributed by atoms with Gasteiger partial charge in [0.05, 0.1) is 12.2 Å². The Morgan fingerprint density at radius 2 is 1.95 bits per heavy atom. The summed E-state index contributed by atoms with van der Waals surface area (Å²) in [6.45, 7) is 1.77. The molecular weight excluding hydrogens is 262 g/mol. The van der Waals surface area contributed by atoms with E-state index < -0.39 is 11.6 Å². The van der Waals surface area contributed by atoms with E-state index in [4.69, 9.17) is 0 Å². The largest absolute Gasteiger partial charge is 0.374 e. The molecule has 0 saturated carbocycles. The molecule has 2 aromatic rings. The fraction of sp³-hybridized carbons (Fsp3) is 0.133. The van der Waals surface area contributed by atoms with Gasteiger partial charge in [0, 0.05) is 5.69 Å². The molecule has 0 spiro atoms. The molecule has 20 heavy (non-hydrogen) atoms. The lowest BCUT2D eigenvalue weighted by Crippen LogP contribution is -2.22. The van der Waals surface area contributed by atoms with Crippen LogP contribution in [0.1, 0.15) is 5.56 Å². The molecule has 0 radical (unpaired) electrons. The number of hydrogen-bond acceptors (Lipinski definition) is 2. The van der Waals surface area contributed by atoms with Crippen LogP contribution >= 0.6 is 0 Å². The van der Waals surface area contributed by atoms with Gasteiger partial charge in [0.1, 0.15) is 11.6 Å². The van der Waals surface area contributed by atoms with E-state index in [0.717, 1.165) is 23.8 Å². The fourth-order valence-electron chi connectivity index (χ4n) is 1.74. The lowest BCUT2D eigenvalue weighted by Gasteiger charge is -2.09. The Morgan fingerprint density at radius 3 is 2.70 bits per heavy atom. The number of halogens is 2. The minimum Gasteiger partial charge on any atom is -0.374 e. The summed E-state index contributed by atoms with van der Waals surface area (Å²) in [6.07, 6.45) is 0. The summed E-state index contributed by atoms with van der Waals surface area (Å²) in [6, 6.07) is 10.4. The summed E-state index contributed by atoms with van der Waals surface area (Å²) in [7, 11) is 0. The molecule has 0 aliphatic rings. The highest BCUT2D eigenvalue weighted by molar-refractivity contribution is 5.93. The molecule has 5 heteroatoms. The molecule has 0 aliphatic carbocycles. The van der Waals surface area contributed by atoms with Crippen LogP contribution in [0.2, 0.25) is 0 Å². The molecule has 0 saturated heterocycles. The van der Waals surface area contributed by atoms with Crippen LogP contribution < -0.4 is 10.6 Å². The third-order valence-corrected chi connectivity index (χ3v) is 2.67. The van der Waals surface area contributed by atoms with E-state index in [-0.39, 0.29) is 18.1 Å². The first-order valence-electron chi connectivity index (χ1n) is 6.10. The van der Waals surface area contributed by atoms with Crippen molar-refractivity contribution < 1.29 is 13.6 Å². The number of carbonyl (C=O) groups excluding carboxylic acids is 1. The van der Waals surface area contributed by atoms with E-state index in [1.165, 1.54) is 0 Å². The first kappa shape index (κ1) is 14.0. The van der Waals surface area contributed by atoms with E-state index in [9.17, 15) is 13.6 Å². The highest BCUT2D eigenvalue weighted by Crippen LogP contribution is 2.15. The zero-order valence-electron chi connectivity index (χ0n) is 10.9. The molecule has 0 atom stereocenters. The summed E-state index contributed by atoms with van der Waals surface area (Å²) in [5.74, 6) is -1.50. The van der Waals surface area contributed by atoms with Crippen molar-refractivity contribution in [1.29, 1.82) is 0 Å². The molecule has 2 aromatic carbocycles. The van der Waals surface area contributed by atoms with Gasteiger partial charge in [-0.1, -0.05) is 12.1 Å². The predicted molar refractivity (Wildman–Crippen MR) is 74.7 cm³/mol. The van der Waals surface area contributed by atoms with Crippen molar-refractivity contribution in [3.05, 3.63) is 59.7 Å². The molecule has 0 aliphatic heterocycles. The molecule has 2 N–H and O–H groups in total. The fourth-order valence-corrected chi connectivity index (χ4v) is 1.74. The van der Waals surface area contributed by atoms with Gasteiger partial charge < -0.3 is 10.6 Å². The second kappa shape index (κ2) is 6.14. The predicted octanol–water partition coefficient (Wildman–Crippen LogP) is 3.32. The molecule has 0 aromatic heterocycles. The Balaban J connectivity index is 1.94. The normalized spacial score (nSPS) is 10.2.